The van der Waals surface area contributed by atoms with Crippen molar-refractivity contribution in [2.75, 3.05) is 27.2 Å². The first-order valence-electron chi connectivity index (χ1n) is 10.2. The lowest BCUT2D eigenvalue weighted by molar-refractivity contribution is 0.0731. The van der Waals surface area contributed by atoms with E-state index in [0.717, 1.165) is 18.5 Å². The summed E-state index contributed by atoms with van der Waals surface area (Å²) in [6, 6.07) is 12.5. The van der Waals surface area contributed by atoms with Crippen LogP contribution in [0.1, 0.15) is 29.4 Å². The van der Waals surface area contributed by atoms with E-state index in [9.17, 15) is 9.59 Å². The van der Waals surface area contributed by atoms with Gasteiger partial charge in [0.1, 0.15) is 0 Å². The highest BCUT2D eigenvalue weighted by Gasteiger charge is 2.22. The Morgan fingerprint density at radius 2 is 1.74 bits per heavy atom. The van der Waals surface area contributed by atoms with Crippen LogP contribution in [0.25, 0.3) is 10.8 Å². The minimum absolute atomic E-state index is 0.196. The van der Waals surface area contributed by atoms with Crippen LogP contribution in [0.3, 0.4) is 0 Å². The monoisotopic (exact) mass is 460 g/mol. The number of hydrogen-bond acceptors (Lipinski definition) is 4. The minimum atomic E-state index is -0.219. The summed E-state index contributed by atoms with van der Waals surface area (Å²) in [4.78, 5) is 30.1. The number of carbonyl (C=O) groups excluding carboxylic acids is 1. The van der Waals surface area contributed by atoms with E-state index in [1.807, 2.05) is 33.2 Å². The molecule has 1 heterocycles. The zero-order valence-electron chi connectivity index (χ0n) is 17.9. The Balaban J connectivity index is 2.01. The van der Waals surface area contributed by atoms with Crippen LogP contribution >= 0.6 is 23.2 Å². The van der Waals surface area contributed by atoms with Gasteiger partial charge in [0.15, 0.2) is 5.69 Å². The van der Waals surface area contributed by atoms with Gasteiger partial charge < -0.3 is 9.80 Å². The van der Waals surface area contributed by atoms with Gasteiger partial charge in [-0.05, 0) is 57.7 Å². The molecule has 2 aromatic carbocycles. The minimum Gasteiger partial charge on any atom is -0.333 e. The molecule has 0 spiro atoms. The van der Waals surface area contributed by atoms with Gasteiger partial charge in [0.05, 0.1) is 15.4 Å². The highest BCUT2D eigenvalue weighted by atomic mass is 35.5. The van der Waals surface area contributed by atoms with E-state index < -0.39 is 0 Å². The predicted octanol–water partition coefficient (Wildman–Crippen LogP) is 4.32. The van der Waals surface area contributed by atoms with Crippen molar-refractivity contribution in [3.05, 3.63) is 74.1 Å². The average Bonchev–Trinajstić information content (AvgIpc) is 2.75. The molecule has 0 N–H and O–H groups in total. The molecular weight excluding hydrogens is 435 g/mol. The van der Waals surface area contributed by atoms with Gasteiger partial charge in [-0.25, -0.2) is 4.68 Å². The fraction of sp³-hybridized carbons (Fsp3) is 0.348. The van der Waals surface area contributed by atoms with Crippen LogP contribution in [0.4, 0.5) is 0 Å². The van der Waals surface area contributed by atoms with Crippen molar-refractivity contribution in [1.82, 2.24) is 19.6 Å². The first-order chi connectivity index (χ1) is 14.8. The number of halogens is 2. The molecular formula is C23H26Cl2N4O2. The summed E-state index contributed by atoms with van der Waals surface area (Å²) in [7, 11) is 3.99. The lowest BCUT2D eigenvalue weighted by Crippen LogP contribution is -2.35. The summed E-state index contributed by atoms with van der Waals surface area (Å²) < 4.78 is 1.34. The maximum atomic E-state index is 13.6. The molecule has 3 aromatic rings. The molecule has 0 atom stereocenters. The summed E-state index contributed by atoms with van der Waals surface area (Å²) in [6.45, 7) is 3.97. The Bertz CT molecular complexity index is 1140. The maximum Gasteiger partial charge on any atom is 0.275 e. The molecule has 0 saturated carbocycles. The number of hydrogen-bond donors (Lipinski definition) is 0. The molecule has 0 aliphatic rings. The number of amides is 1. The van der Waals surface area contributed by atoms with E-state index in [2.05, 4.69) is 10.00 Å². The van der Waals surface area contributed by atoms with Crippen LogP contribution in [0.5, 0.6) is 0 Å². The lowest BCUT2D eigenvalue weighted by Gasteiger charge is -2.24. The number of nitrogens with zero attached hydrogens (tertiary/aromatic N) is 4. The van der Waals surface area contributed by atoms with Crippen molar-refractivity contribution in [2.45, 2.75) is 26.4 Å². The largest absolute Gasteiger partial charge is 0.333 e. The normalized spacial score (nSPS) is 11.3. The smallest absolute Gasteiger partial charge is 0.275 e. The van der Waals surface area contributed by atoms with Gasteiger partial charge in [0.2, 0.25) is 0 Å². The quantitative estimate of drug-likeness (QED) is 0.502. The standard InChI is InChI=1S/C23H26Cl2N4O2/c1-4-29-22(30)18-9-6-5-8-17(18)21(26-29)23(31)28(13-7-12-27(2)3)15-16-10-11-19(24)20(25)14-16/h5-6,8-11,14H,4,7,12-13,15H2,1-3H3. The molecule has 0 bridgehead atoms. The van der Waals surface area contributed by atoms with Gasteiger partial charge in [0.25, 0.3) is 11.5 Å². The van der Waals surface area contributed by atoms with E-state index in [-0.39, 0.29) is 17.2 Å². The van der Waals surface area contributed by atoms with Crippen LogP contribution < -0.4 is 5.56 Å². The van der Waals surface area contributed by atoms with Crippen LogP contribution in [0.15, 0.2) is 47.3 Å². The summed E-state index contributed by atoms with van der Waals surface area (Å²) in [5, 5.41) is 6.38. The molecule has 1 aromatic heterocycles. The third kappa shape index (κ3) is 5.45. The Hall–Kier alpha value is -2.41. The SMILES string of the molecule is CCn1nc(C(=O)N(CCCN(C)C)Cc2ccc(Cl)c(Cl)c2)c2ccccc2c1=O. The highest BCUT2D eigenvalue weighted by molar-refractivity contribution is 6.42. The predicted molar refractivity (Wildman–Crippen MR) is 126 cm³/mol. The number of aromatic nitrogens is 2. The van der Waals surface area contributed by atoms with Crippen LogP contribution in [0.2, 0.25) is 10.0 Å². The van der Waals surface area contributed by atoms with Gasteiger partial charge >= 0.3 is 0 Å². The number of aryl methyl sites for hydroxylation is 1. The van der Waals surface area contributed by atoms with Crippen molar-refractivity contribution < 1.29 is 4.79 Å². The van der Waals surface area contributed by atoms with E-state index in [0.29, 0.717) is 40.5 Å². The molecule has 0 aliphatic heterocycles. The number of benzene rings is 2. The van der Waals surface area contributed by atoms with E-state index in [1.54, 1.807) is 35.2 Å². The van der Waals surface area contributed by atoms with Gasteiger partial charge in [0, 0.05) is 25.0 Å². The van der Waals surface area contributed by atoms with E-state index in [4.69, 9.17) is 23.2 Å². The summed E-state index contributed by atoms with van der Waals surface area (Å²) in [5.41, 5.74) is 0.959. The van der Waals surface area contributed by atoms with Gasteiger partial charge in [-0.1, -0.05) is 47.5 Å². The second kappa shape index (κ2) is 10.3. The Morgan fingerprint density at radius 3 is 2.39 bits per heavy atom. The van der Waals surface area contributed by atoms with Gasteiger partial charge in [-0.2, -0.15) is 5.10 Å². The maximum absolute atomic E-state index is 13.6. The first kappa shape index (κ1) is 23.3. The van der Waals surface area contributed by atoms with E-state index in [1.165, 1.54) is 4.68 Å². The zero-order valence-corrected chi connectivity index (χ0v) is 19.5. The summed E-state index contributed by atoms with van der Waals surface area (Å²) in [6.07, 6.45) is 0.797. The lowest BCUT2D eigenvalue weighted by atomic mass is 10.1. The topological polar surface area (TPSA) is 58.4 Å². The molecule has 0 radical (unpaired) electrons. The summed E-state index contributed by atoms with van der Waals surface area (Å²) in [5.74, 6) is -0.219. The fourth-order valence-corrected chi connectivity index (χ4v) is 3.77. The van der Waals surface area contributed by atoms with Crippen molar-refractivity contribution in [3.8, 4) is 0 Å². The second-order valence-electron chi connectivity index (χ2n) is 7.65. The van der Waals surface area contributed by atoms with Crippen LogP contribution in [-0.2, 0) is 13.1 Å². The molecule has 164 valence electrons. The second-order valence-corrected chi connectivity index (χ2v) is 8.46. The Kier molecular flexibility index (Phi) is 7.70. The van der Waals surface area contributed by atoms with Crippen LogP contribution in [-0.4, -0.2) is 52.7 Å². The van der Waals surface area contributed by atoms with Crippen molar-refractivity contribution >= 4 is 39.9 Å². The molecule has 0 aliphatic carbocycles. The first-order valence-corrected chi connectivity index (χ1v) is 10.9. The summed E-state index contributed by atoms with van der Waals surface area (Å²) >= 11 is 12.2. The van der Waals surface area contributed by atoms with Crippen molar-refractivity contribution in [1.29, 1.82) is 0 Å². The fourth-order valence-electron chi connectivity index (χ4n) is 3.45. The van der Waals surface area contributed by atoms with E-state index >= 15 is 0 Å². The van der Waals surface area contributed by atoms with Crippen molar-refractivity contribution in [2.24, 2.45) is 0 Å². The highest BCUT2D eigenvalue weighted by Crippen LogP contribution is 2.24. The number of rotatable bonds is 8. The third-order valence-electron chi connectivity index (χ3n) is 5.05. The molecule has 1 amide bonds. The van der Waals surface area contributed by atoms with Crippen molar-refractivity contribution in [3.63, 3.8) is 0 Å². The molecule has 0 saturated heterocycles. The average molecular weight is 461 g/mol. The van der Waals surface area contributed by atoms with Gasteiger partial charge in [-0.3, -0.25) is 9.59 Å². The molecule has 6 nitrogen and oxygen atoms in total. The third-order valence-corrected chi connectivity index (χ3v) is 5.79. The number of carbonyl (C=O) groups is 1. The molecule has 8 heteroatoms. The number of fused-ring (bicyclic) bond motifs is 1. The molecule has 0 fully saturated rings. The Labute approximate surface area is 192 Å². The Morgan fingerprint density at radius 1 is 1.03 bits per heavy atom. The zero-order chi connectivity index (χ0) is 22.5. The molecule has 31 heavy (non-hydrogen) atoms. The van der Waals surface area contributed by atoms with Gasteiger partial charge in [-0.15, -0.1) is 0 Å². The molecule has 3 rings (SSSR count). The van der Waals surface area contributed by atoms with Crippen LogP contribution in [0, 0.1) is 0 Å². The molecule has 0 unspecified atom stereocenters.